The first kappa shape index (κ1) is 24.5. The first-order valence-corrected chi connectivity index (χ1v) is 13.1. The van der Waals surface area contributed by atoms with E-state index in [1.54, 1.807) is 12.3 Å². The van der Waals surface area contributed by atoms with E-state index in [4.69, 9.17) is 9.47 Å². The van der Waals surface area contributed by atoms with Gasteiger partial charge < -0.3 is 19.7 Å². The fourth-order valence-corrected chi connectivity index (χ4v) is 6.08. The molecule has 0 atom stereocenters. The summed E-state index contributed by atoms with van der Waals surface area (Å²) >= 11 is 0. The van der Waals surface area contributed by atoms with Crippen molar-refractivity contribution >= 4 is 21.7 Å². The van der Waals surface area contributed by atoms with E-state index in [-0.39, 0.29) is 10.8 Å². The monoisotopic (exact) mass is 491 g/mol. The Morgan fingerprint density at radius 2 is 1.76 bits per heavy atom. The number of ether oxygens (including phenoxy) is 2. The molecule has 1 aliphatic heterocycles. The summed E-state index contributed by atoms with van der Waals surface area (Å²) in [6.07, 6.45) is 6.67. The van der Waals surface area contributed by atoms with Gasteiger partial charge in [0.1, 0.15) is 5.82 Å². The maximum Gasteiger partial charge on any atom is 0.243 e. The molecule has 186 valence electrons. The van der Waals surface area contributed by atoms with E-state index in [0.29, 0.717) is 56.7 Å². The molecule has 0 bridgehead atoms. The number of sulfonamides is 1. The van der Waals surface area contributed by atoms with E-state index in [1.807, 2.05) is 10.7 Å². The lowest BCUT2D eigenvalue weighted by Gasteiger charge is -2.33. The second-order valence-electron chi connectivity index (χ2n) is 8.66. The van der Waals surface area contributed by atoms with Crippen molar-refractivity contribution in [2.24, 2.45) is 0 Å². The highest BCUT2D eigenvalue weighted by molar-refractivity contribution is 7.89. The summed E-state index contributed by atoms with van der Waals surface area (Å²) in [6, 6.07) is 6.82. The average molecular weight is 492 g/mol. The minimum Gasteiger partial charge on any atom is -0.493 e. The number of benzene rings is 1. The molecule has 34 heavy (non-hydrogen) atoms. The topological polar surface area (TPSA) is 106 Å². The third-order valence-electron chi connectivity index (χ3n) is 6.59. The number of rotatable bonds is 9. The number of anilines is 1. The van der Waals surface area contributed by atoms with Crippen molar-refractivity contribution in [3.05, 3.63) is 30.5 Å². The van der Waals surface area contributed by atoms with Crippen molar-refractivity contribution in [1.82, 2.24) is 19.0 Å². The summed E-state index contributed by atoms with van der Waals surface area (Å²) in [5, 5.41) is 7.38. The van der Waals surface area contributed by atoms with Crippen LogP contribution in [0.25, 0.3) is 0 Å². The highest BCUT2D eigenvalue weighted by Crippen LogP contribution is 2.32. The Kier molecular flexibility index (Phi) is 7.74. The largest absolute Gasteiger partial charge is 0.493 e. The Balaban J connectivity index is 1.27. The quantitative estimate of drug-likeness (QED) is 0.574. The maximum atomic E-state index is 13.1. The first-order valence-electron chi connectivity index (χ1n) is 11.7. The number of methoxy groups -OCH3 is 2. The summed E-state index contributed by atoms with van der Waals surface area (Å²) in [7, 11) is -0.652. The summed E-state index contributed by atoms with van der Waals surface area (Å²) in [4.78, 5) is 14.8. The van der Waals surface area contributed by atoms with Crippen LogP contribution in [0.3, 0.4) is 0 Å². The van der Waals surface area contributed by atoms with Crippen LogP contribution < -0.4 is 14.8 Å². The second-order valence-corrected chi connectivity index (χ2v) is 10.6. The minimum atomic E-state index is -3.64. The van der Waals surface area contributed by atoms with Crippen LogP contribution in [0, 0.1) is 0 Å². The lowest BCUT2D eigenvalue weighted by atomic mass is 10.2. The van der Waals surface area contributed by atoms with E-state index in [0.717, 1.165) is 18.7 Å². The molecule has 1 saturated carbocycles. The van der Waals surface area contributed by atoms with E-state index in [9.17, 15) is 13.2 Å². The van der Waals surface area contributed by atoms with Gasteiger partial charge in [0, 0.05) is 51.3 Å². The normalized spacial score (nSPS) is 18.2. The van der Waals surface area contributed by atoms with Crippen LogP contribution in [0.2, 0.25) is 0 Å². The van der Waals surface area contributed by atoms with Gasteiger partial charge in [-0.1, -0.05) is 12.8 Å². The van der Waals surface area contributed by atoms with E-state index >= 15 is 0 Å². The number of carbonyl (C=O) groups excluding carboxylic acids is 1. The van der Waals surface area contributed by atoms with Gasteiger partial charge in [0.2, 0.25) is 15.9 Å². The highest BCUT2D eigenvalue weighted by Gasteiger charge is 2.29. The maximum absolute atomic E-state index is 13.1. The molecule has 10 nitrogen and oxygen atoms in total. The molecule has 0 spiro atoms. The molecule has 1 saturated heterocycles. The molecule has 0 unspecified atom stereocenters. The molecule has 1 aromatic carbocycles. The van der Waals surface area contributed by atoms with Crippen molar-refractivity contribution in [2.45, 2.75) is 43.0 Å². The number of nitrogens with one attached hydrogen (secondary N) is 1. The van der Waals surface area contributed by atoms with Crippen LogP contribution in [0.4, 0.5) is 5.82 Å². The zero-order chi connectivity index (χ0) is 24.1. The Hall–Kier alpha value is -2.63. The predicted molar refractivity (Wildman–Crippen MR) is 128 cm³/mol. The molecule has 2 fully saturated rings. The molecule has 4 rings (SSSR count). The molecule has 2 aliphatic rings. The number of nitrogens with zero attached hydrogens (tertiary/aromatic N) is 4. The van der Waals surface area contributed by atoms with Crippen molar-refractivity contribution in [3.63, 3.8) is 0 Å². The zero-order valence-electron chi connectivity index (χ0n) is 19.8. The standard InChI is InChI=1S/C23H33N5O5S/c1-32-20-8-7-19(17-21(20)33-2)34(30,31)27-15-13-26(14-16-27)12-10-23(29)25-22-9-11-24-28(22)18-5-3-4-6-18/h7-9,11,17-18H,3-6,10,12-16H2,1-2H3,(H,25,29). The van der Waals surface area contributed by atoms with Gasteiger partial charge in [0.15, 0.2) is 11.5 Å². The van der Waals surface area contributed by atoms with Crippen LogP contribution in [0.15, 0.2) is 35.4 Å². The predicted octanol–water partition coefficient (Wildman–Crippen LogP) is 2.35. The van der Waals surface area contributed by atoms with Gasteiger partial charge in [-0.25, -0.2) is 13.1 Å². The van der Waals surface area contributed by atoms with Crippen LogP contribution in [-0.4, -0.2) is 80.3 Å². The average Bonchev–Trinajstić information content (AvgIpc) is 3.54. The van der Waals surface area contributed by atoms with Gasteiger partial charge in [0.25, 0.3) is 0 Å². The summed E-state index contributed by atoms with van der Waals surface area (Å²) in [6.45, 7) is 2.45. The number of amides is 1. The number of hydrogen-bond acceptors (Lipinski definition) is 7. The fourth-order valence-electron chi connectivity index (χ4n) is 4.64. The molecular weight excluding hydrogens is 458 g/mol. The SMILES string of the molecule is COc1ccc(S(=O)(=O)N2CCN(CCC(=O)Nc3ccnn3C3CCCC3)CC2)cc1OC. The number of piperazine rings is 1. The van der Waals surface area contributed by atoms with Gasteiger partial charge in [0.05, 0.1) is 31.4 Å². The number of carbonyl (C=O) groups is 1. The van der Waals surface area contributed by atoms with E-state index < -0.39 is 10.0 Å². The molecule has 1 aliphatic carbocycles. The van der Waals surface area contributed by atoms with Crippen molar-refractivity contribution < 1.29 is 22.7 Å². The Morgan fingerprint density at radius 1 is 1.06 bits per heavy atom. The molecule has 2 aromatic rings. The Bertz CT molecular complexity index is 1090. The summed E-state index contributed by atoms with van der Waals surface area (Å²) < 4.78 is 40.0. The third-order valence-corrected chi connectivity index (χ3v) is 8.48. The van der Waals surface area contributed by atoms with Gasteiger partial charge in [-0.3, -0.25) is 4.79 Å². The van der Waals surface area contributed by atoms with Gasteiger partial charge >= 0.3 is 0 Å². The van der Waals surface area contributed by atoms with Gasteiger partial charge in [-0.05, 0) is 25.0 Å². The van der Waals surface area contributed by atoms with Crippen molar-refractivity contribution in [3.8, 4) is 11.5 Å². The van der Waals surface area contributed by atoms with Crippen molar-refractivity contribution in [1.29, 1.82) is 0 Å². The zero-order valence-corrected chi connectivity index (χ0v) is 20.6. The first-order chi connectivity index (χ1) is 16.4. The fraction of sp³-hybridized carbons (Fsp3) is 0.565. The lowest BCUT2D eigenvalue weighted by Crippen LogP contribution is -2.49. The van der Waals surface area contributed by atoms with E-state index in [1.165, 1.54) is 43.5 Å². The summed E-state index contributed by atoms with van der Waals surface area (Å²) in [5.41, 5.74) is 0. The smallest absolute Gasteiger partial charge is 0.243 e. The van der Waals surface area contributed by atoms with Gasteiger partial charge in [-0.2, -0.15) is 9.40 Å². The Labute approximate surface area is 200 Å². The molecule has 1 amide bonds. The number of hydrogen-bond donors (Lipinski definition) is 1. The van der Waals surface area contributed by atoms with Crippen LogP contribution in [0.1, 0.15) is 38.1 Å². The van der Waals surface area contributed by atoms with Crippen LogP contribution in [0.5, 0.6) is 11.5 Å². The molecular formula is C23H33N5O5S. The molecule has 11 heteroatoms. The molecule has 2 heterocycles. The lowest BCUT2D eigenvalue weighted by molar-refractivity contribution is -0.116. The highest BCUT2D eigenvalue weighted by atomic mass is 32.2. The van der Waals surface area contributed by atoms with Crippen molar-refractivity contribution in [2.75, 3.05) is 52.3 Å². The third kappa shape index (κ3) is 5.37. The van der Waals surface area contributed by atoms with Crippen LogP contribution in [-0.2, 0) is 14.8 Å². The Morgan fingerprint density at radius 3 is 2.44 bits per heavy atom. The van der Waals surface area contributed by atoms with Crippen LogP contribution >= 0.6 is 0 Å². The van der Waals surface area contributed by atoms with Gasteiger partial charge in [-0.15, -0.1) is 0 Å². The molecule has 0 radical (unpaired) electrons. The minimum absolute atomic E-state index is 0.0554. The van der Waals surface area contributed by atoms with E-state index in [2.05, 4.69) is 15.3 Å². The second kappa shape index (κ2) is 10.7. The number of aromatic nitrogens is 2. The molecule has 1 aromatic heterocycles. The molecule has 1 N–H and O–H groups in total. The summed E-state index contributed by atoms with van der Waals surface area (Å²) in [5.74, 6) is 1.56.